The summed E-state index contributed by atoms with van der Waals surface area (Å²) in [5.74, 6) is 0. The molecular weight excluding hydrogens is 369 g/mol. The number of aryl methyl sites for hydroxylation is 8. The highest BCUT2D eigenvalue weighted by atomic mass is 16.6. The monoisotopic (exact) mass is 399 g/mol. The third-order valence-electron chi connectivity index (χ3n) is 6.13. The lowest BCUT2D eigenvalue weighted by Gasteiger charge is -2.27. The quantitative estimate of drug-likeness (QED) is 0.366. The smallest absolute Gasteiger partial charge is 0.258 e. The van der Waals surface area contributed by atoms with E-state index in [1.165, 1.54) is 49.8 Å². The summed E-state index contributed by atoms with van der Waals surface area (Å²) in [5, 5.41) is 11.4. The minimum absolute atomic E-state index is 0.0343. The molecule has 0 N–H and O–H groups in total. The van der Waals surface area contributed by atoms with Gasteiger partial charge >= 0.3 is 0 Å². The highest BCUT2D eigenvalue weighted by Crippen LogP contribution is 2.19. The average Bonchev–Trinajstić information content (AvgIpc) is 2.58. The molecule has 4 heteroatoms. The summed E-state index contributed by atoms with van der Waals surface area (Å²) in [5.41, 5.74) is 13.4. The van der Waals surface area contributed by atoms with Crippen molar-refractivity contribution in [1.29, 1.82) is 0 Å². The maximum atomic E-state index is 11.4. The van der Waals surface area contributed by atoms with Crippen molar-refractivity contribution in [3.8, 4) is 0 Å². The molecule has 0 radical (unpaired) electrons. The van der Waals surface area contributed by atoms with Gasteiger partial charge in [0.15, 0.2) is 0 Å². The van der Waals surface area contributed by atoms with Gasteiger partial charge in [0, 0.05) is 12.1 Å². The van der Waals surface area contributed by atoms with Crippen molar-refractivity contribution in [3.63, 3.8) is 0 Å². The maximum Gasteiger partial charge on any atom is 0.269 e. The first-order valence-electron chi connectivity index (χ1n) is 10.4. The van der Waals surface area contributed by atoms with Gasteiger partial charge in [-0.1, -0.05) is 74.0 Å². The number of nitrogens with zero attached hydrogens (tertiary/aromatic N) is 1. The lowest BCUT2D eigenvalue weighted by Crippen LogP contribution is -2.57. The van der Waals surface area contributed by atoms with Gasteiger partial charge < -0.3 is 0 Å². The Bertz CT molecular complexity index is 1040. The van der Waals surface area contributed by atoms with Crippen LogP contribution in [-0.4, -0.2) is 11.6 Å². The Morgan fingerprint density at radius 1 is 0.567 bits per heavy atom. The van der Waals surface area contributed by atoms with E-state index in [9.17, 15) is 10.1 Å². The van der Waals surface area contributed by atoms with Crippen LogP contribution in [0.25, 0.3) is 0 Å². The molecule has 0 bridgehead atoms. The Morgan fingerprint density at radius 3 is 1.10 bits per heavy atom. The van der Waals surface area contributed by atoms with Gasteiger partial charge in [0.1, 0.15) is 0 Å². The molecule has 0 aromatic heterocycles. The zero-order chi connectivity index (χ0) is 22.3. The molecule has 0 amide bonds. The first kappa shape index (κ1) is 21.8. The Balaban J connectivity index is 2.44. The van der Waals surface area contributed by atoms with Crippen LogP contribution in [0.2, 0.25) is 0 Å². The topological polar surface area (TPSA) is 43.1 Å². The van der Waals surface area contributed by atoms with Gasteiger partial charge in [0.25, 0.3) is 5.69 Å². The molecule has 0 atom stereocenters. The van der Waals surface area contributed by atoms with E-state index in [4.69, 9.17) is 0 Å². The Kier molecular flexibility index (Phi) is 5.89. The van der Waals surface area contributed by atoms with E-state index in [1.807, 2.05) is 13.8 Å². The number of hydrogen-bond acceptors (Lipinski definition) is 2. The summed E-state index contributed by atoms with van der Waals surface area (Å²) >= 11 is 0. The number of benzene rings is 3. The number of non-ortho nitro benzene ring substituents is 1. The normalized spacial score (nSPS) is 10.9. The number of nitro groups is 1. The summed E-state index contributed by atoms with van der Waals surface area (Å²) < 4.78 is 0. The lowest BCUT2D eigenvalue weighted by atomic mass is 9.33. The maximum absolute atomic E-state index is 11.4. The minimum atomic E-state index is -0.302. The van der Waals surface area contributed by atoms with E-state index in [-0.39, 0.29) is 17.3 Å². The van der Waals surface area contributed by atoms with Crippen molar-refractivity contribution in [1.82, 2.24) is 0 Å². The second kappa shape index (κ2) is 8.10. The van der Waals surface area contributed by atoms with Gasteiger partial charge in [0.05, 0.1) is 4.92 Å². The van der Waals surface area contributed by atoms with Crippen LogP contribution in [0.5, 0.6) is 0 Å². The number of nitro benzene ring substituents is 1. The summed E-state index contributed by atoms with van der Waals surface area (Å²) in [6.07, 6.45) is 0. The van der Waals surface area contributed by atoms with Gasteiger partial charge in [-0.2, -0.15) is 0 Å². The van der Waals surface area contributed by atoms with E-state index in [0.717, 1.165) is 11.1 Å². The van der Waals surface area contributed by atoms with Crippen molar-refractivity contribution >= 4 is 28.8 Å². The molecule has 3 nitrogen and oxygen atoms in total. The van der Waals surface area contributed by atoms with Crippen LogP contribution in [0.4, 0.5) is 5.69 Å². The summed E-state index contributed by atoms with van der Waals surface area (Å²) in [6, 6.07) is 12.4. The van der Waals surface area contributed by atoms with Crippen molar-refractivity contribution in [2.24, 2.45) is 0 Å². The third kappa shape index (κ3) is 3.91. The van der Waals surface area contributed by atoms with Crippen LogP contribution >= 0.6 is 0 Å². The Labute approximate surface area is 180 Å². The number of rotatable bonds is 4. The van der Waals surface area contributed by atoms with Crippen LogP contribution in [0.3, 0.4) is 0 Å². The van der Waals surface area contributed by atoms with E-state index in [1.54, 1.807) is 12.1 Å². The van der Waals surface area contributed by atoms with Crippen LogP contribution in [0.15, 0.2) is 36.4 Å². The van der Waals surface area contributed by atoms with Crippen molar-refractivity contribution in [2.75, 3.05) is 0 Å². The molecule has 3 aromatic carbocycles. The Morgan fingerprint density at radius 2 is 0.833 bits per heavy atom. The van der Waals surface area contributed by atoms with E-state index in [2.05, 4.69) is 65.8 Å². The second-order valence-corrected chi connectivity index (χ2v) is 8.81. The fourth-order valence-electron chi connectivity index (χ4n) is 5.24. The minimum Gasteiger partial charge on any atom is -0.258 e. The van der Waals surface area contributed by atoms with Gasteiger partial charge in [-0.25, -0.2) is 0 Å². The van der Waals surface area contributed by atoms with Crippen LogP contribution in [0.1, 0.15) is 44.5 Å². The predicted octanol–water partition coefficient (Wildman–Crippen LogP) is 4.58. The van der Waals surface area contributed by atoms with Crippen molar-refractivity contribution < 1.29 is 4.92 Å². The summed E-state index contributed by atoms with van der Waals surface area (Å²) in [7, 11) is 0. The largest absolute Gasteiger partial charge is 0.269 e. The van der Waals surface area contributed by atoms with Crippen LogP contribution in [0, 0.1) is 65.5 Å². The molecular formula is C26H30BNO2. The van der Waals surface area contributed by atoms with Crippen LogP contribution < -0.4 is 16.4 Å². The fraction of sp³-hybridized carbons (Fsp3) is 0.308. The molecule has 0 unspecified atom stereocenters. The average molecular weight is 399 g/mol. The first-order valence-corrected chi connectivity index (χ1v) is 10.4. The van der Waals surface area contributed by atoms with Gasteiger partial charge in [-0.05, 0) is 66.5 Å². The molecule has 0 aliphatic heterocycles. The van der Waals surface area contributed by atoms with Gasteiger partial charge in [-0.15, -0.1) is 0 Å². The van der Waals surface area contributed by atoms with Gasteiger partial charge in [0.2, 0.25) is 6.71 Å². The highest BCUT2D eigenvalue weighted by Gasteiger charge is 2.31. The van der Waals surface area contributed by atoms with E-state index >= 15 is 0 Å². The molecule has 0 saturated heterocycles. The molecule has 0 heterocycles. The highest BCUT2D eigenvalue weighted by molar-refractivity contribution is 6.97. The zero-order valence-corrected chi connectivity index (χ0v) is 19.3. The Hall–Kier alpha value is -2.88. The van der Waals surface area contributed by atoms with E-state index in [0.29, 0.717) is 0 Å². The van der Waals surface area contributed by atoms with E-state index < -0.39 is 0 Å². The molecule has 30 heavy (non-hydrogen) atoms. The SMILES string of the molecule is Cc1cc(C)c(B(c2c(C)cc(C)cc2C)c2c(C)cc([N+](=O)[O-])cc2C)c(C)c1. The molecule has 0 spiro atoms. The standard InChI is InChI=1S/C26H30BNO2/c1-15-9-17(3)24(18(4)10-15)27(25-19(5)11-16(2)12-20(25)6)26-21(7)13-23(28(29)30)14-22(26)8/h9-14H,1-8H3. The molecule has 154 valence electrons. The zero-order valence-electron chi connectivity index (χ0n) is 19.3. The first-order chi connectivity index (χ1) is 14.0. The molecule has 0 saturated carbocycles. The van der Waals surface area contributed by atoms with Gasteiger partial charge in [-0.3, -0.25) is 10.1 Å². The molecule has 3 aromatic rings. The third-order valence-corrected chi connectivity index (χ3v) is 6.13. The van der Waals surface area contributed by atoms with Crippen LogP contribution in [-0.2, 0) is 0 Å². The van der Waals surface area contributed by atoms with Crippen molar-refractivity contribution in [2.45, 2.75) is 55.4 Å². The summed E-state index contributed by atoms with van der Waals surface area (Å²) in [6.45, 7) is 17.0. The molecule has 0 aliphatic carbocycles. The second-order valence-electron chi connectivity index (χ2n) is 8.81. The fourth-order valence-corrected chi connectivity index (χ4v) is 5.24. The molecule has 0 fully saturated rings. The molecule has 3 rings (SSSR count). The lowest BCUT2D eigenvalue weighted by molar-refractivity contribution is -0.384. The summed E-state index contributed by atoms with van der Waals surface area (Å²) in [4.78, 5) is 11.1. The van der Waals surface area contributed by atoms with Crippen molar-refractivity contribution in [3.05, 3.63) is 91.0 Å². The molecule has 0 aliphatic rings. The predicted molar refractivity (Wildman–Crippen MR) is 129 cm³/mol. The number of hydrogen-bond donors (Lipinski definition) is 0.